The quantitative estimate of drug-likeness (QED) is 0.488. The highest BCUT2D eigenvalue weighted by atomic mass is 32.1. The van der Waals surface area contributed by atoms with E-state index in [9.17, 15) is 9.59 Å². The molecule has 160 valence electrons. The fourth-order valence-electron chi connectivity index (χ4n) is 3.76. The van der Waals surface area contributed by atoms with Crippen LogP contribution >= 0.6 is 11.3 Å². The number of nitrogens with one attached hydrogen (secondary N) is 1. The van der Waals surface area contributed by atoms with Crippen molar-refractivity contribution in [3.63, 3.8) is 0 Å². The fourth-order valence-corrected chi connectivity index (χ4v) is 5.03. The van der Waals surface area contributed by atoms with Gasteiger partial charge in [-0.2, -0.15) is 0 Å². The Morgan fingerprint density at radius 1 is 1.00 bits per heavy atom. The number of carbonyl (C=O) groups excluding carboxylic acids is 2. The first kappa shape index (κ1) is 21.1. The number of benzene rings is 2. The maximum atomic E-state index is 13.2. The number of fused-ring (bicyclic) bond motifs is 1. The molecular weight excluding hydrogens is 410 g/mol. The number of esters is 1. The van der Waals surface area contributed by atoms with Crippen molar-refractivity contribution in [2.75, 3.05) is 11.9 Å². The molecule has 1 heterocycles. The van der Waals surface area contributed by atoms with Gasteiger partial charge in [-0.25, -0.2) is 4.79 Å². The normalized spacial score (nSPS) is 12.7. The first-order valence-corrected chi connectivity index (χ1v) is 11.4. The molecule has 3 aromatic rings. The Balaban J connectivity index is 1.58. The SMILES string of the molecule is CCOC(=O)c1c(NC(=O)c2ccccc2OCc2ccccc2)sc2c1CCCC2. The number of hydrogen-bond acceptors (Lipinski definition) is 5. The molecule has 0 saturated carbocycles. The number of rotatable bonds is 7. The van der Waals surface area contributed by atoms with E-state index < -0.39 is 0 Å². The number of anilines is 1. The topological polar surface area (TPSA) is 64.6 Å². The summed E-state index contributed by atoms with van der Waals surface area (Å²) in [4.78, 5) is 27.0. The van der Waals surface area contributed by atoms with E-state index in [1.165, 1.54) is 16.2 Å². The van der Waals surface area contributed by atoms with Gasteiger partial charge < -0.3 is 14.8 Å². The highest BCUT2D eigenvalue weighted by Gasteiger charge is 2.28. The van der Waals surface area contributed by atoms with Gasteiger partial charge in [-0.15, -0.1) is 11.3 Å². The van der Waals surface area contributed by atoms with Crippen molar-refractivity contribution < 1.29 is 19.1 Å². The van der Waals surface area contributed by atoms with Crippen LogP contribution in [0.5, 0.6) is 5.75 Å². The van der Waals surface area contributed by atoms with Crippen molar-refractivity contribution in [1.29, 1.82) is 0 Å². The summed E-state index contributed by atoms with van der Waals surface area (Å²) in [6.07, 6.45) is 3.91. The second-order valence-corrected chi connectivity index (χ2v) is 8.47. The minimum atomic E-state index is -0.370. The summed E-state index contributed by atoms with van der Waals surface area (Å²) in [5.41, 5.74) is 2.99. The Bertz CT molecular complexity index is 1070. The summed E-state index contributed by atoms with van der Waals surface area (Å²) in [5, 5.41) is 3.52. The molecule has 0 aliphatic heterocycles. The third-order valence-electron chi connectivity index (χ3n) is 5.25. The molecule has 31 heavy (non-hydrogen) atoms. The van der Waals surface area contributed by atoms with E-state index in [1.54, 1.807) is 25.1 Å². The van der Waals surface area contributed by atoms with Crippen LogP contribution in [0.25, 0.3) is 0 Å². The molecule has 1 amide bonds. The lowest BCUT2D eigenvalue weighted by Gasteiger charge is -2.13. The number of para-hydroxylation sites is 1. The van der Waals surface area contributed by atoms with E-state index in [-0.39, 0.29) is 11.9 Å². The molecule has 1 aliphatic rings. The van der Waals surface area contributed by atoms with Gasteiger partial charge in [0, 0.05) is 4.88 Å². The first-order chi connectivity index (χ1) is 15.2. The van der Waals surface area contributed by atoms with Crippen molar-refractivity contribution in [1.82, 2.24) is 0 Å². The van der Waals surface area contributed by atoms with Gasteiger partial charge in [-0.1, -0.05) is 42.5 Å². The number of amides is 1. The van der Waals surface area contributed by atoms with Crippen molar-refractivity contribution in [2.24, 2.45) is 0 Å². The summed E-state index contributed by atoms with van der Waals surface area (Å²) in [6, 6.07) is 17.0. The van der Waals surface area contributed by atoms with Gasteiger partial charge >= 0.3 is 5.97 Å². The third kappa shape index (κ3) is 4.80. The molecule has 6 heteroatoms. The predicted molar refractivity (Wildman–Crippen MR) is 122 cm³/mol. The second-order valence-electron chi connectivity index (χ2n) is 7.36. The maximum absolute atomic E-state index is 13.2. The largest absolute Gasteiger partial charge is 0.488 e. The van der Waals surface area contributed by atoms with Crippen LogP contribution in [0.15, 0.2) is 54.6 Å². The molecule has 0 fully saturated rings. The molecule has 1 N–H and O–H groups in total. The molecule has 0 radical (unpaired) electrons. The van der Waals surface area contributed by atoms with Crippen LogP contribution in [0.3, 0.4) is 0 Å². The average molecular weight is 436 g/mol. The summed E-state index contributed by atoms with van der Waals surface area (Å²) in [7, 11) is 0. The van der Waals surface area contributed by atoms with Gasteiger partial charge in [0.15, 0.2) is 0 Å². The van der Waals surface area contributed by atoms with E-state index in [1.807, 2.05) is 36.4 Å². The van der Waals surface area contributed by atoms with Crippen molar-refractivity contribution >= 4 is 28.2 Å². The maximum Gasteiger partial charge on any atom is 0.341 e. The molecule has 0 spiro atoms. The summed E-state index contributed by atoms with van der Waals surface area (Å²) < 4.78 is 11.2. The molecule has 4 rings (SSSR count). The minimum Gasteiger partial charge on any atom is -0.488 e. The summed E-state index contributed by atoms with van der Waals surface area (Å²) >= 11 is 1.48. The monoisotopic (exact) mass is 435 g/mol. The standard InChI is InChI=1S/C25H25NO4S/c1-2-29-25(28)22-19-13-7-9-15-21(19)31-24(22)26-23(27)18-12-6-8-14-20(18)30-16-17-10-4-3-5-11-17/h3-6,8,10-12,14H,2,7,9,13,15-16H2,1H3,(H,26,27). The summed E-state index contributed by atoms with van der Waals surface area (Å²) in [5.74, 6) is -0.165. The number of carbonyl (C=O) groups is 2. The molecule has 1 aliphatic carbocycles. The lowest BCUT2D eigenvalue weighted by molar-refractivity contribution is 0.0526. The Hall–Kier alpha value is -3.12. The molecule has 0 saturated heterocycles. The van der Waals surface area contributed by atoms with Gasteiger partial charge in [-0.05, 0) is 55.9 Å². The Morgan fingerprint density at radius 2 is 1.74 bits per heavy atom. The Labute approximate surface area is 186 Å². The molecule has 1 aromatic heterocycles. The highest BCUT2D eigenvalue weighted by Crippen LogP contribution is 2.39. The van der Waals surface area contributed by atoms with Crippen molar-refractivity contribution in [3.05, 3.63) is 81.7 Å². The van der Waals surface area contributed by atoms with Crippen LogP contribution in [-0.4, -0.2) is 18.5 Å². The lowest BCUT2D eigenvalue weighted by atomic mass is 9.95. The fraction of sp³-hybridized carbons (Fsp3) is 0.280. The minimum absolute atomic E-state index is 0.298. The van der Waals surface area contributed by atoms with Gasteiger partial charge in [-0.3, -0.25) is 4.79 Å². The number of aryl methyl sites for hydroxylation is 1. The van der Waals surface area contributed by atoms with Crippen LogP contribution < -0.4 is 10.1 Å². The molecule has 0 atom stereocenters. The molecule has 0 bridgehead atoms. The number of hydrogen-bond donors (Lipinski definition) is 1. The Kier molecular flexibility index (Phi) is 6.67. The van der Waals surface area contributed by atoms with E-state index in [4.69, 9.17) is 9.47 Å². The van der Waals surface area contributed by atoms with Crippen LogP contribution in [0.2, 0.25) is 0 Å². The first-order valence-electron chi connectivity index (χ1n) is 10.6. The molecule has 0 unspecified atom stereocenters. The van der Waals surface area contributed by atoms with Gasteiger partial charge in [0.25, 0.3) is 5.91 Å². The number of thiophene rings is 1. The third-order valence-corrected chi connectivity index (χ3v) is 6.45. The molecule has 5 nitrogen and oxygen atoms in total. The van der Waals surface area contributed by atoms with Crippen LogP contribution in [0.4, 0.5) is 5.00 Å². The highest BCUT2D eigenvalue weighted by molar-refractivity contribution is 7.17. The van der Waals surface area contributed by atoms with E-state index in [2.05, 4.69) is 5.32 Å². The Morgan fingerprint density at radius 3 is 2.55 bits per heavy atom. The van der Waals surface area contributed by atoms with Gasteiger partial charge in [0.1, 0.15) is 17.4 Å². The van der Waals surface area contributed by atoms with E-state index in [0.29, 0.717) is 35.1 Å². The van der Waals surface area contributed by atoms with Gasteiger partial charge in [0.05, 0.1) is 17.7 Å². The number of ether oxygens (including phenoxy) is 2. The lowest BCUT2D eigenvalue weighted by Crippen LogP contribution is -2.16. The smallest absolute Gasteiger partial charge is 0.341 e. The van der Waals surface area contributed by atoms with Crippen LogP contribution in [0.1, 0.15) is 56.5 Å². The molecule has 2 aromatic carbocycles. The molecular formula is C25H25NO4S. The average Bonchev–Trinajstić information content (AvgIpc) is 3.16. The van der Waals surface area contributed by atoms with E-state index >= 15 is 0 Å². The summed E-state index contributed by atoms with van der Waals surface area (Å²) in [6.45, 7) is 2.45. The predicted octanol–water partition coefficient (Wildman–Crippen LogP) is 5.63. The zero-order valence-corrected chi connectivity index (χ0v) is 18.3. The van der Waals surface area contributed by atoms with Crippen LogP contribution in [-0.2, 0) is 24.2 Å². The van der Waals surface area contributed by atoms with Crippen molar-refractivity contribution in [3.8, 4) is 5.75 Å². The van der Waals surface area contributed by atoms with Crippen molar-refractivity contribution in [2.45, 2.75) is 39.2 Å². The zero-order chi connectivity index (χ0) is 21.6. The van der Waals surface area contributed by atoms with Crippen LogP contribution in [0, 0.1) is 0 Å². The van der Waals surface area contributed by atoms with E-state index in [0.717, 1.165) is 36.8 Å². The second kappa shape index (κ2) is 9.79. The zero-order valence-electron chi connectivity index (χ0n) is 17.5. The van der Waals surface area contributed by atoms with Gasteiger partial charge in [0.2, 0.25) is 0 Å².